The average Bonchev–Trinajstić information content (AvgIpc) is 3.03. The molecule has 5 heteroatoms. The molecule has 0 aliphatic rings. The summed E-state index contributed by atoms with van der Waals surface area (Å²) in [7, 11) is 0. The van der Waals surface area contributed by atoms with Crippen molar-refractivity contribution in [3.8, 4) is 0 Å². The smallest absolute Gasteiger partial charge is 0.345 e. The van der Waals surface area contributed by atoms with E-state index >= 15 is 0 Å². The monoisotopic (exact) mass is 631 g/mol. The lowest BCUT2D eigenvalue weighted by molar-refractivity contribution is -0.170. The minimum Gasteiger partial charge on any atom is -0.479 e. The molecule has 0 aliphatic carbocycles. The van der Waals surface area contributed by atoms with Crippen LogP contribution >= 0.6 is 0 Å². The molecule has 0 fully saturated rings. The standard InChI is InChI=1S/C40H70O5/c1-3-5-7-9-11-13-15-17-19-21-23-25-27-29-31-33-35-37(41)40(44)45-38(39(42)43)36-34-32-30-28-26-24-22-20-18-16-14-12-10-8-6-4-2/h11,13,17,19,23,25,29,31,37-38,41H,3-10,12,14-16,18,20-22,24,26-28,30,32-36H2,1-2H3,(H,42,43)/b13-11-,19-17-,25-23-,31-29-. The van der Waals surface area contributed by atoms with Crippen LogP contribution in [0.25, 0.3) is 0 Å². The number of unbranched alkanes of at least 4 members (excludes halogenated alkanes) is 18. The number of rotatable bonds is 33. The fraction of sp³-hybridized carbons (Fsp3) is 0.750. The number of carbonyl (C=O) groups excluding carboxylic acids is 1. The van der Waals surface area contributed by atoms with Crippen molar-refractivity contribution < 1.29 is 24.5 Å². The summed E-state index contributed by atoms with van der Waals surface area (Å²) in [5.41, 5.74) is 0. The molecule has 2 unspecified atom stereocenters. The largest absolute Gasteiger partial charge is 0.479 e. The molecular weight excluding hydrogens is 560 g/mol. The molecule has 2 N–H and O–H groups in total. The summed E-state index contributed by atoms with van der Waals surface area (Å²) < 4.78 is 5.14. The van der Waals surface area contributed by atoms with E-state index in [9.17, 15) is 19.8 Å². The number of carbonyl (C=O) groups is 2. The van der Waals surface area contributed by atoms with E-state index in [-0.39, 0.29) is 6.42 Å². The van der Waals surface area contributed by atoms with Crippen LogP contribution in [0.1, 0.15) is 181 Å². The Balaban J connectivity index is 3.81. The third-order valence-corrected chi connectivity index (χ3v) is 8.19. The van der Waals surface area contributed by atoms with E-state index in [1.54, 1.807) is 0 Å². The van der Waals surface area contributed by atoms with Gasteiger partial charge in [-0.2, -0.15) is 0 Å². The average molecular weight is 631 g/mol. The van der Waals surface area contributed by atoms with Crippen molar-refractivity contribution in [1.82, 2.24) is 0 Å². The summed E-state index contributed by atoms with van der Waals surface area (Å²) in [6.45, 7) is 4.49. The zero-order chi connectivity index (χ0) is 33.1. The number of aliphatic hydroxyl groups is 1. The summed E-state index contributed by atoms with van der Waals surface area (Å²) in [5.74, 6) is -1.98. The van der Waals surface area contributed by atoms with Gasteiger partial charge in [0.05, 0.1) is 0 Å². The Morgan fingerprint density at radius 1 is 0.511 bits per heavy atom. The molecule has 260 valence electrons. The molecule has 45 heavy (non-hydrogen) atoms. The maximum Gasteiger partial charge on any atom is 0.345 e. The SMILES string of the molecule is CCCCC/C=C\C/C=C\C/C=C\C/C=C\CCC(O)C(=O)OC(CCCCCCCCCCCCCCCCCC)C(=O)O. The van der Waals surface area contributed by atoms with E-state index in [0.717, 1.165) is 32.1 Å². The summed E-state index contributed by atoms with van der Waals surface area (Å²) in [6.07, 6.45) is 43.4. The van der Waals surface area contributed by atoms with Gasteiger partial charge in [0.25, 0.3) is 0 Å². The normalized spacial score (nSPS) is 13.5. The van der Waals surface area contributed by atoms with Gasteiger partial charge in [-0.05, 0) is 57.8 Å². The summed E-state index contributed by atoms with van der Waals surface area (Å²) in [5, 5.41) is 19.6. The Morgan fingerprint density at radius 2 is 0.889 bits per heavy atom. The minimum atomic E-state index is -1.30. The van der Waals surface area contributed by atoms with Gasteiger partial charge in [-0.3, -0.25) is 0 Å². The van der Waals surface area contributed by atoms with Crippen LogP contribution in [-0.4, -0.2) is 34.4 Å². The zero-order valence-corrected chi connectivity index (χ0v) is 29.3. The van der Waals surface area contributed by atoms with Crippen LogP contribution in [0.3, 0.4) is 0 Å². The summed E-state index contributed by atoms with van der Waals surface area (Å²) in [4.78, 5) is 23.8. The maximum absolute atomic E-state index is 12.2. The van der Waals surface area contributed by atoms with E-state index in [0.29, 0.717) is 19.3 Å². The highest BCUT2D eigenvalue weighted by atomic mass is 16.6. The van der Waals surface area contributed by atoms with Crippen LogP contribution in [-0.2, 0) is 14.3 Å². The number of hydrogen-bond acceptors (Lipinski definition) is 4. The molecule has 0 bridgehead atoms. The van der Waals surface area contributed by atoms with E-state index in [4.69, 9.17) is 4.74 Å². The third-order valence-electron chi connectivity index (χ3n) is 8.19. The lowest BCUT2D eigenvalue weighted by atomic mass is 10.0. The Hall–Kier alpha value is -2.14. The van der Waals surface area contributed by atoms with E-state index in [1.165, 1.54) is 109 Å². The predicted molar refractivity (Wildman–Crippen MR) is 191 cm³/mol. The number of hydrogen-bond donors (Lipinski definition) is 2. The first-order valence-corrected chi connectivity index (χ1v) is 18.7. The molecule has 2 atom stereocenters. The maximum atomic E-state index is 12.2. The van der Waals surface area contributed by atoms with Gasteiger partial charge in [0, 0.05) is 0 Å². The van der Waals surface area contributed by atoms with Gasteiger partial charge < -0.3 is 14.9 Å². The first-order valence-electron chi connectivity index (χ1n) is 18.7. The first-order chi connectivity index (χ1) is 22.0. The van der Waals surface area contributed by atoms with Crippen LogP contribution in [0.15, 0.2) is 48.6 Å². The van der Waals surface area contributed by atoms with Crippen molar-refractivity contribution in [2.24, 2.45) is 0 Å². The quantitative estimate of drug-likeness (QED) is 0.0428. The fourth-order valence-electron chi connectivity index (χ4n) is 5.26. The number of esters is 1. The highest BCUT2D eigenvalue weighted by Gasteiger charge is 2.25. The number of carboxylic acids is 1. The van der Waals surface area contributed by atoms with Crippen LogP contribution in [0.5, 0.6) is 0 Å². The molecule has 0 aliphatic heterocycles. The fourth-order valence-corrected chi connectivity index (χ4v) is 5.26. The molecule has 0 heterocycles. The number of carboxylic acid groups (broad SMARTS) is 1. The van der Waals surface area contributed by atoms with Gasteiger partial charge in [-0.25, -0.2) is 9.59 Å². The highest BCUT2D eigenvalue weighted by molar-refractivity contribution is 5.80. The van der Waals surface area contributed by atoms with Gasteiger partial charge in [0.15, 0.2) is 12.2 Å². The van der Waals surface area contributed by atoms with Gasteiger partial charge in [0.2, 0.25) is 0 Å². The van der Waals surface area contributed by atoms with E-state index < -0.39 is 24.1 Å². The van der Waals surface area contributed by atoms with Crippen molar-refractivity contribution in [2.45, 2.75) is 193 Å². The molecule has 0 aromatic heterocycles. The van der Waals surface area contributed by atoms with E-state index in [2.05, 4.69) is 50.3 Å². The third kappa shape index (κ3) is 31.6. The van der Waals surface area contributed by atoms with E-state index in [1.807, 2.05) is 12.2 Å². The second kappa shape index (κ2) is 34.7. The topological polar surface area (TPSA) is 83.8 Å². The Morgan fingerprint density at radius 3 is 1.33 bits per heavy atom. The van der Waals surface area contributed by atoms with Crippen molar-refractivity contribution in [2.75, 3.05) is 0 Å². The molecule has 0 saturated heterocycles. The molecule has 0 spiro atoms. The van der Waals surface area contributed by atoms with Crippen LogP contribution in [0.2, 0.25) is 0 Å². The van der Waals surface area contributed by atoms with Crippen molar-refractivity contribution >= 4 is 11.9 Å². The number of aliphatic hydroxyl groups excluding tert-OH is 1. The Bertz CT molecular complexity index is 782. The molecule has 5 nitrogen and oxygen atoms in total. The molecule has 0 saturated carbocycles. The van der Waals surface area contributed by atoms with Crippen LogP contribution in [0, 0.1) is 0 Å². The van der Waals surface area contributed by atoms with Gasteiger partial charge >= 0.3 is 11.9 Å². The molecule has 0 radical (unpaired) electrons. The van der Waals surface area contributed by atoms with Gasteiger partial charge in [-0.1, -0.05) is 172 Å². The summed E-state index contributed by atoms with van der Waals surface area (Å²) in [6, 6.07) is 0. The molecule has 0 amide bonds. The summed E-state index contributed by atoms with van der Waals surface area (Å²) >= 11 is 0. The molecule has 0 aromatic carbocycles. The van der Waals surface area contributed by atoms with Gasteiger partial charge in [-0.15, -0.1) is 0 Å². The predicted octanol–water partition coefficient (Wildman–Crippen LogP) is 11.8. The lowest BCUT2D eigenvalue weighted by Crippen LogP contribution is -2.32. The number of aliphatic carboxylic acids is 1. The number of allylic oxidation sites excluding steroid dienone is 8. The number of ether oxygens (including phenoxy) is 1. The van der Waals surface area contributed by atoms with Gasteiger partial charge in [0.1, 0.15) is 0 Å². The Labute approximate surface area is 277 Å². The first kappa shape index (κ1) is 42.9. The molecule has 0 rings (SSSR count). The Kier molecular flexibility index (Phi) is 33.1. The molecular formula is C40H70O5. The minimum absolute atomic E-state index is 0.221. The second-order valence-electron chi connectivity index (χ2n) is 12.5. The highest BCUT2D eigenvalue weighted by Crippen LogP contribution is 2.15. The van der Waals surface area contributed by atoms with Crippen LogP contribution < -0.4 is 0 Å². The second-order valence-corrected chi connectivity index (χ2v) is 12.5. The van der Waals surface area contributed by atoms with Crippen molar-refractivity contribution in [1.29, 1.82) is 0 Å². The zero-order valence-electron chi connectivity index (χ0n) is 29.3. The lowest BCUT2D eigenvalue weighted by Gasteiger charge is -2.16. The van der Waals surface area contributed by atoms with Crippen molar-refractivity contribution in [3.63, 3.8) is 0 Å². The van der Waals surface area contributed by atoms with Crippen LogP contribution in [0.4, 0.5) is 0 Å². The van der Waals surface area contributed by atoms with Crippen molar-refractivity contribution in [3.05, 3.63) is 48.6 Å². The molecule has 0 aromatic rings.